The second kappa shape index (κ2) is 8.22. The zero-order chi connectivity index (χ0) is 20.3. The van der Waals surface area contributed by atoms with Gasteiger partial charge >= 0.3 is 0 Å². The van der Waals surface area contributed by atoms with Crippen molar-refractivity contribution in [3.05, 3.63) is 65.5 Å². The van der Waals surface area contributed by atoms with Crippen molar-refractivity contribution in [3.8, 4) is 5.75 Å². The number of aliphatic hydroxyl groups excluding tert-OH is 1. The molecule has 1 aliphatic heterocycles. The van der Waals surface area contributed by atoms with Crippen LogP contribution in [0.25, 0.3) is 5.76 Å². The van der Waals surface area contributed by atoms with Crippen LogP contribution in [-0.2, 0) is 9.59 Å². The predicted octanol–water partition coefficient (Wildman–Crippen LogP) is 2.16. The van der Waals surface area contributed by atoms with E-state index in [2.05, 4.69) is 4.98 Å². The van der Waals surface area contributed by atoms with Gasteiger partial charge in [0.15, 0.2) is 0 Å². The van der Waals surface area contributed by atoms with Crippen molar-refractivity contribution in [3.63, 3.8) is 0 Å². The fraction of sp³-hybridized carbons (Fsp3) is 0.286. The van der Waals surface area contributed by atoms with E-state index in [-0.39, 0.29) is 17.1 Å². The van der Waals surface area contributed by atoms with Crippen LogP contribution in [0.1, 0.15) is 23.6 Å². The highest BCUT2D eigenvalue weighted by molar-refractivity contribution is 6.46. The molecule has 28 heavy (non-hydrogen) atoms. The van der Waals surface area contributed by atoms with Gasteiger partial charge in [0.2, 0.25) is 0 Å². The Bertz CT molecular complexity index is 909. The molecule has 1 aromatic heterocycles. The highest BCUT2D eigenvalue weighted by atomic mass is 16.3. The number of likely N-dealkylation sites (tertiary alicyclic amines) is 1. The molecule has 1 atom stereocenters. The molecular formula is C21H23N3O4. The molecule has 3 rings (SSSR count). The molecule has 1 aromatic carbocycles. The summed E-state index contributed by atoms with van der Waals surface area (Å²) in [5.41, 5.74) is 0.998. The lowest BCUT2D eigenvalue weighted by atomic mass is 9.95. The molecule has 1 amide bonds. The molecule has 2 N–H and O–H groups in total. The van der Waals surface area contributed by atoms with Crippen LogP contribution in [0, 0.1) is 0 Å². The summed E-state index contributed by atoms with van der Waals surface area (Å²) >= 11 is 0. The third-order valence-electron chi connectivity index (χ3n) is 4.68. The SMILES string of the molecule is CN(C)CCCN1C(=O)C(=O)/C(=C(\O)c2ccncc2)C1c1cccc(O)c1. The highest BCUT2D eigenvalue weighted by Gasteiger charge is 2.45. The Balaban J connectivity index is 2.08. The van der Waals surface area contributed by atoms with E-state index in [9.17, 15) is 19.8 Å². The van der Waals surface area contributed by atoms with Crippen LogP contribution in [0.2, 0.25) is 0 Å². The number of pyridine rings is 1. The van der Waals surface area contributed by atoms with E-state index < -0.39 is 17.7 Å². The number of amides is 1. The van der Waals surface area contributed by atoms with E-state index in [1.54, 1.807) is 24.3 Å². The molecule has 7 nitrogen and oxygen atoms in total. The molecule has 2 heterocycles. The first-order valence-electron chi connectivity index (χ1n) is 9.02. The van der Waals surface area contributed by atoms with Crippen LogP contribution >= 0.6 is 0 Å². The first kappa shape index (κ1) is 19.6. The van der Waals surface area contributed by atoms with Gasteiger partial charge in [-0.1, -0.05) is 12.1 Å². The minimum atomic E-state index is -0.762. The number of carbonyl (C=O) groups excluding carboxylic acids is 2. The van der Waals surface area contributed by atoms with Crippen molar-refractivity contribution in [2.24, 2.45) is 0 Å². The normalized spacial score (nSPS) is 18.8. The van der Waals surface area contributed by atoms with Crippen molar-refractivity contribution in [2.45, 2.75) is 12.5 Å². The van der Waals surface area contributed by atoms with E-state index >= 15 is 0 Å². The zero-order valence-corrected chi connectivity index (χ0v) is 15.9. The number of carbonyl (C=O) groups is 2. The monoisotopic (exact) mass is 381 g/mol. The molecule has 0 radical (unpaired) electrons. The first-order chi connectivity index (χ1) is 13.4. The summed E-state index contributed by atoms with van der Waals surface area (Å²) in [7, 11) is 3.87. The van der Waals surface area contributed by atoms with Gasteiger partial charge in [-0.25, -0.2) is 0 Å². The summed E-state index contributed by atoms with van der Waals surface area (Å²) in [6.45, 7) is 1.11. The van der Waals surface area contributed by atoms with Crippen LogP contribution < -0.4 is 0 Å². The number of hydrogen-bond donors (Lipinski definition) is 2. The Morgan fingerprint density at radius 1 is 1.18 bits per heavy atom. The fourth-order valence-corrected chi connectivity index (χ4v) is 3.37. The van der Waals surface area contributed by atoms with Crippen LogP contribution in [0.4, 0.5) is 0 Å². The number of phenolic OH excluding ortho intramolecular Hbond substituents is 1. The van der Waals surface area contributed by atoms with Gasteiger partial charge in [-0.15, -0.1) is 0 Å². The maximum absolute atomic E-state index is 12.8. The molecule has 146 valence electrons. The van der Waals surface area contributed by atoms with E-state index in [4.69, 9.17) is 0 Å². The molecule has 7 heteroatoms. The molecule has 0 saturated carbocycles. The molecule has 0 aliphatic carbocycles. The zero-order valence-electron chi connectivity index (χ0n) is 15.9. The molecule has 1 fully saturated rings. The lowest BCUT2D eigenvalue weighted by Crippen LogP contribution is -2.32. The van der Waals surface area contributed by atoms with Gasteiger partial charge in [-0.05, 0) is 56.9 Å². The van der Waals surface area contributed by atoms with Crippen LogP contribution in [-0.4, -0.2) is 63.9 Å². The molecular weight excluding hydrogens is 358 g/mol. The first-order valence-corrected chi connectivity index (χ1v) is 9.02. The van der Waals surface area contributed by atoms with Crippen LogP contribution in [0.3, 0.4) is 0 Å². The third kappa shape index (κ3) is 3.89. The minimum absolute atomic E-state index is 0.0200. The van der Waals surface area contributed by atoms with Crippen LogP contribution in [0.5, 0.6) is 5.75 Å². The van der Waals surface area contributed by atoms with Gasteiger partial charge in [0.1, 0.15) is 11.5 Å². The number of aromatic hydroxyl groups is 1. The van der Waals surface area contributed by atoms with Crippen molar-refractivity contribution >= 4 is 17.4 Å². The van der Waals surface area contributed by atoms with Gasteiger partial charge in [0, 0.05) is 24.5 Å². The number of nitrogens with zero attached hydrogens (tertiary/aromatic N) is 3. The molecule has 0 bridgehead atoms. The average molecular weight is 381 g/mol. The molecule has 1 aliphatic rings. The van der Waals surface area contributed by atoms with Gasteiger partial charge in [-0.3, -0.25) is 14.6 Å². The van der Waals surface area contributed by atoms with Crippen molar-refractivity contribution < 1.29 is 19.8 Å². The van der Waals surface area contributed by atoms with Crippen molar-refractivity contribution in [1.29, 1.82) is 0 Å². The average Bonchev–Trinajstić information content (AvgIpc) is 2.93. The number of Topliss-reactive ketones (excluding diaryl/α,β-unsaturated/α-hetero) is 1. The Labute approximate surface area is 163 Å². The van der Waals surface area contributed by atoms with Gasteiger partial charge in [-0.2, -0.15) is 0 Å². The number of benzene rings is 1. The molecule has 2 aromatic rings. The second-order valence-corrected chi connectivity index (χ2v) is 6.98. The Hall–Kier alpha value is -3.19. The van der Waals surface area contributed by atoms with E-state index in [1.165, 1.54) is 29.4 Å². The summed E-state index contributed by atoms with van der Waals surface area (Å²) in [5, 5.41) is 20.7. The van der Waals surface area contributed by atoms with Crippen molar-refractivity contribution in [1.82, 2.24) is 14.8 Å². The number of rotatable bonds is 6. The lowest BCUT2D eigenvalue weighted by molar-refractivity contribution is -0.139. The smallest absolute Gasteiger partial charge is 0.295 e. The summed E-state index contributed by atoms with van der Waals surface area (Å²) in [5.74, 6) is -1.60. The van der Waals surface area contributed by atoms with Crippen LogP contribution in [0.15, 0.2) is 54.4 Å². The van der Waals surface area contributed by atoms with E-state index in [0.717, 1.165) is 6.54 Å². The maximum Gasteiger partial charge on any atom is 0.295 e. The quantitative estimate of drug-likeness (QED) is 0.452. The summed E-state index contributed by atoms with van der Waals surface area (Å²) in [4.78, 5) is 32.9. The Kier molecular flexibility index (Phi) is 5.75. The number of ketones is 1. The third-order valence-corrected chi connectivity index (χ3v) is 4.68. The van der Waals surface area contributed by atoms with Gasteiger partial charge < -0.3 is 20.0 Å². The summed E-state index contributed by atoms with van der Waals surface area (Å²) < 4.78 is 0. The topological polar surface area (TPSA) is 94.0 Å². The summed E-state index contributed by atoms with van der Waals surface area (Å²) in [6, 6.07) is 8.80. The lowest BCUT2D eigenvalue weighted by Gasteiger charge is -2.26. The standard InChI is InChI=1S/C21H23N3O4/c1-23(2)11-4-12-24-18(15-5-3-6-16(25)13-15)17(20(27)21(24)28)19(26)14-7-9-22-10-8-14/h3,5-10,13,18,25-26H,4,11-12H2,1-2H3/b19-17-. The second-order valence-electron chi connectivity index (χ2n) is 6.98. The Morgan fingerprint density at radius 3 is 2.54 bits per heavy atom. The van der Waals surface area contributed by atoms with Crippen molar-refractivity contribution in [2.75, 3.05) is 27.2 Å². The van der Waals surface area contributed by atoms with E-state index in [0.29, 0.717) is 24.1 Å². The van der Waals surface area contributed by atoms with Gasteiger partial charge in [0.05, 0.1) is 11.6 Å². The largest absolute Gasteiger partial charge is 0.508 e. The molecule has 1 saturated heterocycles. The van der Waals surface area contributed by atoms with Gasteiger partial charge in [0.25, 0.3) is 11.7 Å². The predicted molar refractivity (Wildman–Crippen MR) is 105 cm³/mol. The number of phenols is 1. The molecule has 0 spiro atoms. The number of aliphatic hydroxyl groups is 1. The molecule has 1 unspecified atom stereocenters. The summed E-state index contributed by atoms with van der Waals surface area (Å²) in [6.07, 6.45) is 3.68. The maximum atomic E-state index is 12.8. The minimum Gasteiger partial charge on any atom is -0.508 e. The highest BCUT2D eigenvalue weighted by Crippen LogP contribution is 2.40. The Morgan fingerprint density at radius 2 is 1.89 bits per heavy atom. The number of aromatic nitrogens is 1. The van der Waals surface area contributed by atoms with E-state index in [1.807, 2.05) is 19.0 Å². The fourth-order valence-electron chi connectivity index (χ4n) is 3.37. The number of hydrogen-bond acceptors (Lipinski definition) is 6.